The molecule has 0 saturated heterocycles. The van der Waals surface area contributed by atoms with Crippen molar-refractivity contribution >= 4 is 93.3 Å². The van der Waals surface area contributed by atoms with E-state index in [1.165, 1.54) is 32.3 Å². The molecular weight excluding hydrogens is 695 g/mol. The summed E-state index contributed by atoms with van der Waals surface area (Å²) < 4.78 is 13.8. The lowest BCUT2D eigenvalue weighted by atomic mass is 9.95. The number of furan rings is 2. The van der Waals surface area contributed by atoms with Crippen LogP contribution in [0.3, 0.4) is 0 Å². The van der Waals surface area contributed by atoms with Crippen LogP contribution in [-0.2, 0) is 0 Å². The number of para-hydroxylation sites is 2. The first kappa shape index (κ1) is 31.7. The van der Waals surface area contributed by atoms with E-state index in [1.807, 2.05) is 0 Å². The third-order valence-electron chi connectivity index (χ3n) is 11.6. The highest BCUT2D eigenvalue weighted by molar-refractivity contribution is 6.22. The first-order chi connectivity index (χ1) is 28.3. The third kappa shape index (κ3) is 4.86. The van der Waals surface area contributed by atoms with Crippen molar-refractivity contribution in [1.29, 1.82) is 0 Å². The van der Waals surface area contributed by atoms with E-state index in [-0.39, 0.29) is 0 Å². The number of anilines is 3. The molecule has 10 aromatic carbocycles. The van der Waals surface area contributed by atoms with Gasteiger partial charge in [-0.2, -0.15) is 0 Å². The molecule has 12 aromatic rings. The van der Waals surface area contributed by atoms with Crippen LogP contribution in [0.2, 0.25) is 0 Å². The molecule has 0 radical (unpaired) electrons. The van der Waals surface area contributed by atoms with E-state index < -0.39 is 0 Å². The molecule has 0 spiro atoms. The number of fused-ring (bicyclic) bond motifs is 10. The fourth-order valence-electron chi connectivity index (χ4n) is 9.07. The lowest BCUT2D eigenvalue weighted by Gasteiger charge is -2.28. The van der Waals surface area contributed by atoms with Crippen molar-refractivity contribution < 1.29 is 8.83 Å². The summed E-state index contributed by atoms with van der Waals surface area (Å²) in [6.07, 6.45) is 0. The van der Waals surface area contributed by atoms with Crippen LogP contribution in [0.15, 0.2) is 209 Å². The van der Waals surface area contributed by atoms with Gasteiger partial charge in [-0.15, -0.1) is 0 Å². The SMILES string of the molecule is c1ccc(-c2cccc3c2oc2cccc(N(c4ccc5ccc6ccccc6c5c4)c4ccc(-c5cccc6ccccc56)c5oc6ccccc6c45)c23)cc1. The number of benzene rings is 10. The van der Waals surface area contributed by atoms with Crippen molar-refractivity contribution in [2.75, 3.05) is 4.90 Å². The van der Waals surface area contributed by atoms with Crippen LogP contribution in [0, 0.1) is 0 Å². The van der Waals surface area contributed by atoms with Gasteiger partial charge in [-0.3, -0.25) is 0 Å². The predicted molar refractivity (Wildman–Crippen MR) is 239 cm³/mol. The van der Waals surface area contributed by atoms with Gasteiger partial charge in [-0.1, -0.05) is 158 Å². The Morgan fingerprint density at radius 3 is 1.79 bits per heavy atom. The second-order valence-electron chi connectivity index (χ2n) is 14.8. The molecule has 12 rings (SSSR count). The molecule has 0 N–H and O–H groups in total. The number of hydrogen-bond donors (Lipinski definition) is 0. The maximum atomic E-state index is 6.94. The highest BCUT2D eigenvalue weighted by Crippen LogP contribution is 2.50. The Bertz CT molecular complexity index is 3530. The van der Waals surface area contributed by atoms with E-state index in [0.717, 1.165) is 83.2 Å². The van der Waals surface area contributed by atoms with Gasteiger partial charge < -0.3 is 13.7 Å². The summed E-state index contributed by atoms with van der Waals surface area (Å²) in [5.74, 6) is 0. The van der Waals surface area contributed by atoms with Crippen molar-refractivity contribution in [3.8, 4) is 22.3 Å². The van der Waals surface area contributed by atoms with Crippen LogP contribution in [0.1, 0.15) is 0 Å². The second kappa shape index (κ2) is 12.5. The van der Waals surface area contributed by atoms with Gasteiger partial charge in [0.2, 0.25) is 0 Å². The summed E-state index contributed by atoms with van der Waals surface area (Å²) in [6, 6.07) is 71.4. The number of nitrogens with zero attached hydrogens (tertiary/aromatic N) is 1. The van der Waals surface area contributed by atoms with Crippen molar-refractivity contribution in [3.05, 3.63) is 200 Å². The Kier molecular flexibility index (Phi) is 6.93. The Hall–Kier alpha value is -7.62. The van der Waals surface area contributed by atoms with Gasteiger partial charge in [0.05, 0.1) is 22.1 Å². The molecule has 0 fully saturated rings. The Balaban J connectivity index is 1.20. The van der Waals surface area contributed by atoms with Gasteiger partial charge in [-0.25, -0.2) is 0 Å². The minimum Gasteiger partial charge on any atom is -0.455 e. The molecular formula is C54H33NO2. The van der Waals surface area contributed by atoms with Crippen LogP contribution >= 0.6 is 0 Å². The van der Waals surface area contributed by atoms with Gasteiger partial charge in [0, 0.05) is 27.6 Å². The van der Waals surface area contributed by atoms with E-state index in [4.69, 9.17) is 8.83 Å². The lowest BCUT2D eigenvalue weighted by Crippen LogP contribution is -2.11. The fraction of sp³-hybridized carbons (Fsp3) is 0. The molecule has 0 aliphatic rings. The summed E-state index contributed by atoms with van der Waals surface area (Å²) in [5.41, 5.74) is 10.9. The highest BCUT2D eigenvalue weighted by Gasteiger charge is 2.26. The van der Waals surface area contributed by atoms with Crippen molar-refractivity contribution in [3.63, 3.8) is 0 Å². The van der Waals surface area contributed by atoms with Gasteiger partial charge >= 0.3 is 0 Å². The van der Waals surface area contributed by atoms with Crippen molar-refractivity contribution in [1.82, 2.24) is 0 Å². The molecule has 0 amide bonds. The zero-order chi connectivity index (χ0) is 37.5. The first-order valence-electron chi connectivity index (χ1n) is 19.4. The van der Waals surface area contributed by atoms with E-state index in [2.05, 4.69) is 205 Å². The minimum atomic E-state index is 0.836. The largest absolute Gasteiger partial charge is 0.455 e. The zero-order valence-corrected chi connectivity index (χ0v) is 30.8. The average Bonchev–Trinajstić information content (AvgIpc) is 3.87. The van der Waals surface area contributed by atoms with Crippen LogP contribution in [0.4, 0.5) is 17.1 Å². The normalized spacial score (nSPS) is 11.9. The smallest absolute Gasteiger partial charge is 0.145 e. The van der Waals surface area contributed by atoms with Gasteiger partial charge in [0.15, 0.2) is 0 Å². The molecule has 0 atom stereocenters. The van der Waals surface area contributed by atoms with Crippen molar-refractivity contribution in [2.24, 2.45) is 0 Å². The maximum Gasteiger partial charge on any atom is 0.145 e. The molecule has 0 aliphatic heterocycles. The maximum absolute atomic E-state index is 6.94. The average molecular weight is 728 g/mol. The Morgan fingerprint density at radius 1 is 0.316 bits per heavy atom. The molecule has 2 heterocycles. The van der Waals surface area contributed by atoms with Gasteiger partial charge in [0.25, 0.3) is 0 Å². The molecule has 3 heteroatoms. The van der Waals surface area contributed by atoms with Gasteiger partial charge in [0.1, 0.15) is 22.3 Å². The summed E-state index contributed by atoms with van der Waals surface area (Å²) >= 11 is 0. The first-order valence-corrected chi connectivity index (χ1v) is 19.4. The summed E-state index contributed by atoms with van der Waals surface area (Å²) in [6.45, 7) is 0. The summed E-state index contributed by atoms with van der Waals surface area (Å²) in [7, 11) is 0. The molecule has 0 bridgehead atoms. The third-order valence-corrected chi connectivity index (χ3v) is 11.6. The highest BCUT2D eigenvalue weighted by atomic mass is 16.3. The van der Waals surface area contributed by atoms with E-state index in [9.17, 15) is 0 Å². The quantitative estimate of drug-likeness (QED) is 0.165. The predicted octanol–water partition coefficient (Wildman–Crippen LogP) is 15.7. The standard InChI is InChI=1S/C54H33NO2/c1-2-13-35(14-3-1)41-21-11-23-45-51-47(24-12-26-50(51)57-53(41)45)55(38-30-29-37-28-27-36-16-5-7-19-40(36)46(37)33-38)48-32-31-43(42-22-10-17-34-15-4-6-18-39(34)42)54-52(48)44-20-8-9-25-49(44)56-54/h1-33H. The van der Waals surface area contributed by atoms with Crippen molar-refractivity contribution in [2.45, 2.75) is 0 Å². The molecule has 57 heavy (non-hydrogen) atoms. The molecule has 266 valence electrons. The minimum absolute atomic E-state index is 0.836. The Labute approximate surface area is 328 Å². The van der Waals surface area contributed by atoms with Crippen LogP contribution in [0.5, 0.6) is 0 Å². The fourth-order valence-corrected chi connectivity index (χ4v) is 9.07. The molecule has 2 aromatic heterocycles. The topological polar surface area (TPSA) is 29.5 Å². The molecule has 3 nitrogen and oxygen atoms in total. The van der Waals surface area contributed by atoms with E-state index in [1.54, 1.807) is 0 Å². The van der Waals surface area contributed by atoms with Crippen LogP contribution < -0.4 is 4.90 Å². The second-order valence-corrected chi connectivity index (χ2v) is 14.8. The zero-order valence-electron chi connectivity index (χ0n) is 30.8. The monoisotopic (exact) mass is 727 g/mol. The molecule has 0 aliphatic carbocycles. The lowest BCUT2D eigenvalue weighted by molar-refractivity contribution is 0.670. The Morgan fingerprint density at radius 2 is 0.912 bits per heavy atom. The number of hydrogen-bond acceptors (Lipinski definition) is 3. The summed E-state index contributed by atoms with van der Waals surface area (Å²) in [5, 5.41) is 11.5. The molecule has 0 saturated carbocycles. The number of rotatable bonds is 5. The van der Waals surface area contributed by atoms with Crippen LogP contribution in [-0.4, -0.2) is 0 Å². The van der Waals surface area contributed by atoms with E-state index in [0.29, 0.717) is 0 Å². The van der Waals surface area contributed by atoms with Crippen LogP contribution in [0.25, 0.3) is 98.4 Å². The van der Waals surface area contributed by atoms with Gasteiger partial charge in [-0.05, 0) is 85.9 Å². The molecule has 0 unspecified atom stereocenters. The summed E-state index contributed by atoms with van der Waals surface area (Å²) in [4.78, 5) is 2.42. The van der Waals surface area contributed by atoms with E-state index >= 15 is 0 Å².